The molecule has 18 heavy (non-hydrogen) atoms. The van der Waals surface area contributed by atoms with Gasteiger partial charge in [-0.1, -0.05) is 28.4 Å². The maximum Gasteiger partial charge on any atom is 0.260 e. The molecule has 0 aliphatic carbocycles. The zero-order valence-corrected chi connectivity index (χ0v) is 11.5. The summed E-state index contributed by atoms with van der Waals surface area (Å²) in [6, 6.07) is 1.71. The fraction of sp³-hybridized carbons (Fsp3) is 0.400. The number of hydrogen-bond acceptors (Lipinski definition) is 6. The Kier molecular flexibility index (Phi) is 3.54. The molecule has 0 spiro atoms. The molecule has 1 N–H and O–H groups in total. The summed E-state index contributed by atoms with van der Waals surface area (Å²) < 4.78 is 11.9. The monoisotopic (exact) mass is 305 g/mol. The van der Waals surface area contributed by atoms with Gasteiger partial charge >= 0.3 is 0 Å². The van der Waals surface area contributed by atoms with Gasteiger partial charge in [-0.2, -0.15) is 4.98 Å². The highest BCUT2D eigenvalue weighted by Crippen LogP contribution is 2.37. The van der Waals surface area contributed by atoms with E-state index in [4.69, 9.17) is 32.5 Å². The average Bonchev–Trinajstić information content (AvgIpc) is 2.97. The molecule has 2 aromatic rings. The number of hydrogen-bond donors (Lipinski definition) is 1. The van der Waals surface area contributed by atoms with Crippen LogP contribution in [-0.2, 0) is 4.74 Å². The van der Waals surface area contributed by atoms with Crippen LogP contribution in [0, 0.1) is 0 Å². The van der Waals surface area contributed by atoms with Crippen molar-refractivity contribution in [3.05, 3.63) is 20.6 Å². The first-order valence-corrected chi connectivity index (χ1v) is 6.92. The van der Waals surface area contributed by atoms with E-state index in [1.807, 2.05) is 0 Å². The molecule has 0 amide bonds. The lowest BCUT2D eigenvalue weighted by molar-refractivity contribution is 0.0208. The van der Waals surface area contributed by atoms with Gasteiger partial charge < -0.3 is 14.6 Å². The molecule has 1 saturated heterocycles. The van der Waals surface area contributed by atoms with E-state index >= 15 is 0 Å². The van der Waals surface area contributed by atoms with Crippen LogP contribution in [0.5, 0.6) is 0 Å². The molecule has 1 aliphatic heterocycles. The van der Waals surface area contributed by atoms with Crippen molar-refractivity contribution in [1.29, 1.82) is 0 Å². The van der Waals surface area contributed by atoms with Crippen molar-refractivity contribution in [3.63, 3.8) is 0 Å². The summed E-state index contributed by atoms with van der Waals surface area (Å²) in [5.41, 5.74) is 0.661. The summed E-state index contributed by atoms with van der Waals surface area (Å²) in [5.74, 6) is 0.892. The van der Waals surface area contributed by atoms with Crippen molar-refractivity contribution < 1.29 is 9.26 Å². The highest BCUT2D eigenvalue weighted by atomic mass is 35.5. The predicted molar refractivity (Wildman–Crippen MR) is 69.2 cm³/mol. The standard InChI is InChI=1S/C10H9Cl2N3O2S/c11-7-3-5(8(12)18-7)10-14-9(15-17-10)6-4-13-1-2-16-6/h3,6,13H,1-2,4H2. The minimum Gasteiger partial charge on any atom is -0.367 e. The molecule has 1 aliphatic rings. The van der Waals surface area contributed by atoms with E-state index in [1.165, 1.54) is 11.3 Å². The Hall–Kier alpha value is -0.660. The third-order valence-corrected chi connectivity index (χ3v) is 4.03. The minimum absolute atomic E-state index is 0.177. The van der Waals surface area contributed by atoms with E-state index in [0.29, 0.717) is 39.1 Å². The minimum atomic E-state index is -0.177. The van der Waals surface area contributed by atoms with Gasteiger partial charge in [0.1, 0.15) is 10.4 Å². The third-order valence-electron chi connectivity index (χ3n) is 2.54. The number of nitrogens with one attached hydrogen (secondary N) is 1. The van der Waals surface area contributed by atoms with E-state index in [-0.39, 0.29) is 6.10 Å². The van der Waals surface area contributed by atoms with Gasteiger partial charge in [0.25, 0.3) is 5.89 Å². The van der Waals surface area contributed by atoms with E-state index in [9.17, 15) is 0 Å². The maximum atomic E-state index is 6.04. The topological polar surface area (TPSA) is 60.2 Å². The SMILES string of the molecule is Clc1cc(-c2nc(C3CNCCO3)no2)c(Cl)s1. The van der Waals surface area contributed by atoms with E-state index in [2.05, 4.69) is 15.5 Å². The summed E-state index contributed by atoms with van der Waals surface area (Å²) in [5, 5.41) is 7.12. The van der Waals surface area contributed by atoms with Gasteiger partial charge in [-0.05, 0) is 6.07 Å². The Bertz CT molecular complexity index is 551. The van der Waals surface area contributed by atoms with Gasteiger partial charge in [-0.15, -0.1) is 11.3 Å². The molecule has 8 heteroatoms. The number of ether oxygens (including phenoxy) is 1. The molecule has 0 saturated carbocycles. The zero-order valence-electron chi connectivity index (χ0n) is 9.15. The van der Waals surface area contributed by atoms with Gasteiger partial charge in [0.2, 0.25) is 5.82 Å². The van der Waals surface area contributed by atoms with E-state index in [0.717, 1.165) is 6.54 Å². The second-order valence-electron chi connectivity index (χ2n) is 3.76. The Balaban J connectivity index is 1.86. The second-order valence-corrected chi connectivity index (χ2v) is 6.04. The lowest BCUT2D eigenvalue weighted by Gasteiger charge is -2.20. The smallest absolute Gasteiger partial charge is 0.260 e. The number of thiophene rings is 1. The first-order chi connectivity index (χ1) is 8.74. The molecule has 1 unspecified atom stereocenters. The van der Waals surface area contributed by atoms with Gasteiger partial charge in [0.05, 0.1) is 16.5 Å². The van der Waals surface area contributed by atoms with Crippen molar-refractivity contribution in [3.8, 4) is 11.5 Å². The van der Waals surface area contributed by atoms with Crippen molar-refractivity contribution in [2.24, 2.45) is 0 Å². The molecule has 3 heterocycles. The molecular weight excluding hydrogens is 297 g/mol. The van der Waals surface area contributed by atoms with Gasteiger partial charge in [-0.25, -0.2) is 0 Å². The molecule has 5 nitrogen and oxygen atoms in total. The summed E-state index contributed by atoms with van der Waals surface area (Å²) in [7, 11) is 0. The summed E-state index contributed by atoms with van der Waals surface area (Å²) >= 11 is 13.2. The normalized spacial score (nSPS) is 20.2. The molecule has 1 fully saturated rings. The van der Waals surface area contributed by atoms with E-state index in [1.54, 1.807) is 6.07 Å². The lowest BCUT2D eigenvalue weighted by Crippen LogP contribution is -2.33. The fourth-order valence-electron chi connectivity index (χ4n) is 1.69. The molecule has 2 aromatic heterocycles. The van der Waals surface area contributed by atoms with Crippen LogP contribution in [0.3, 0.4) is 0 Å². The Morgan fingerprint density at radius 2 is 2.33 bits per heavy atom. The van der Waals surface area contributed by atoms with Gasteiger partial charge in [0.15, 0.2) is 0 Å². The van der Waals surface area contributed by atoms with Crippen LogP contribution in [0.1, 0.15) is 11.9 Å². The highest BCUT2D eigenvalue weighted by molar-refractivity contribution is 7.20. The molecule has 1 atom stereocenters. The van der Waals surface area contributed by atoms with Crippen molar-refractivity contribution in [2.75, 3.05) is 19.7 Å². The molecule has 96 valence electrons. The first-order valence-electron chi connectivity index (χ1n) is 5.35. The van der Waals surface area contributed by atoms with Crippen LogP contribution in [0.15, 0.2) is 10.6 Å². The Morgan fingerprint density at radius 1 is 1.44 bits per heavy atom. The number of nitrogens with zero attached hydrogens (tertiary/aromatic N) is 2. The second kappa shape index (κ2) is 5.14. The van der Waals surface area contributed by atoms with Crippen LogP contribution in [0.2, 0.25) is 8.67 Å². The summed E-state index contributed by atoms with van der Waals surface area (Å²) in [6.07, 6.45) is -0.177. The van der Waals surface area contributed by atoms with Crippen LogP contribution < -0.4 is 5.32 Å². The van der Waals surface area contributed by atoms with Crippen molar-refractivity contribution in [1.82, 2.24) is 15.5 Å². The number of aromatic nitrogens is 2. The molecular formula is C10H9Cl2N3O2S. The largest absolute Gasteiger partial charge is 0.367 e. The van der Waals surface area contributed by atoms with Crippen LogP contribution in [0.25, 0.3) is 11.5 Å². The van der Waals surface area contributed by atoms with Crippen LogP contribution in [-0.4, -0.2) is 29.8 Å². The maximum absolute atomic E-state index is 6.04. The van der Waals surface area contributed by atoms with Crippen molar-refractivity contribution >= 4 is 34.5 Å². The van der Waals surface area contributed by atoms with E-state index < -0.39 is 0 Å². The Morgan fingerprint density at radius 3 is 3.00 bits per heavy atom. The zero-order chi connectivity index (χ0) is 12.5. The van der Waals surface area contributed by atoms with Crippen LogP contribution >= 0.6 is 34.5 Å². The number of halogens is 2. The fourth-order valence-corrected chi connectivity index (χ4v) is 3.14. The molecule has 0 aromatic carbocycles. The third kappa shape index (κ3) is 2.39. The van der Waals surface area contributed by atoms with Gasteiger partial charge in [-0.3, -0.25) is 0 Å². The summed E-state index contributed by atoms with van der Waals surface area (Å²) in [6.45, 7) is 2.16. The van der Waals surface area contributed by atoms with Gasteiger partial charge in [0, 0.05) is 13.1 Å². The lowest BCUT2D eigenvalue weighted by atomic mass is 10.3. The highest BCUT2D eigenvalue weighted by Gasteiger charge is 2.23. The van der Waals surface area contributed by atoms with Crippen LogP contribution in [0.4, 0.5) is 0 Å². The number of rotatable bonds is 2. The molecule has 3 rings (SSSR count). The molecule has 0 bridgehead atoms. The van der Waals surface area contributed by atoms with Crippen molar-refractivity contribution in [2.45, 2.75) is 6.10 Å². The Labute approximate surface area is 117 Å². The summed E-state index contributed by atoms with van der Waals surface area (Å²) in [4.78, 5) is 4.30. The molecule has 0 radical (unpaired) electrons. The number of morpholine rings is 1. The average molecular weight is 306 g/mol. The quantitative estimate of drug-likeness (QED) is 0.924. The first kappa shape index (κ1) is 12.4. The predicted octanol–water partition coefficient (Wildman–Crippen LogP) is 2.77.